The summed E-state index contributed by atoms with van der Waals surface area (Å²) in [4.78, 5) is 0. The predicted molar refractivity (Wildman–Crippen MR) is 122 cm³/mol. The maximum Gasteiger partial charge on any atom is 0.0833 e. The molecule has 0 heterocycles. The first kappa shape index (κ1) is 22.6. The molecule has 178 valence electrons. The molecule has 10 unspecified atom stereocenters. The minimum atomic E-state index is -0.302. The fourth-order valence-electron chi connectivity index (χ4n) is 10.0. The highest BCUT2D eigenvalue weighted by molar-refractivity contribution is 5.14. The molecule has 2 N–H and O–H groups in total. The molecule has 0 aromatic rings. The van der Waals surface area contributed by atoms with Crippen LogP contribution in [0.25, 0.3) is 0 Å². The summed E-state index contributed by atoms with van der Waals surface area (Å²) in [6.45, 7) is 0. The molecule has 10 atom stereocenters. The predicted octanol–water partition coefficient (Wildman–Crippen LogP) is 4.95. The number of hydrogen-bond donors (Lipinski definition) is 2. The molecule has 0 radical (unpaired) electrons. The Morgan fingerprint density at radius 2 is 1.00 bits per heavy atom. The Balaban J connectivity index is 1.57. The smallest absolute Gasteiger partial charge is 0.0833 e. The second-order valence-corrected chi connectivity index (χ2v) is 11.8. The molecule has 0 spiro atoms. The van der Waals surface area contributed by atoms with E-state index >= 15 is 0 Å². The van der Waals surface area contributed by atoms with Crippen LogP contribution in [0.15, 0.2) is 0 Å². The Morgan fingerprint density at radius 1 is 0.581 bits per heavy atom. The molecule has 5 aliphatic carbocycles. The standard InChI is InChI=1S/C27H46O4/c1-30-25-15-17(11-13-23(25)28)27(18-12-14-24(29)26(16-18)31-2)21-9-5-3-7-19(21)20-8-4-6-10-22(20)27/h17-26,28-29H,3-16H2,1-2H3. The third-order valence-electron chi connectivity index (χ3n) is 11.0. The third kappa shape index (κ3) is 3.63. The molecule has 0 bridgehead atoms. The van der Waals surface area contributed by atoms with E-state index in [0.29, 0.717) is 17.3 Å². The molecule has 4 nitrogen and oxygen atoms in total. The fourth-order valence-corrected chi connectivity index (χ4v) is 10.0. The van der Waals surface area contributed by atoms with E-state index < -0.39 is 0 Å². The molecule has 5 saturated carbocycles. The van der Waals surface area contributed by atoms with Crippen LogP contribution in [0, 0.1) is 40.9 Å². The number of aliphatic hydroxyl groups excluding tert-OH is 2. The SMILES string of the molecule is COC1CC(C2(C3CCC(O)C(OC)C3)C3CCCCC3C3CCCCC32)CCC1O. The average Bonchev–Trinajstić information content (AvgIpc) is 3.11. The summed E-state index contributed by atoms with van der Waals surface area (Å²) in [6, 6.07) is 0. The normalized spacial score (nSPS) is 53.0. The van der Waals surface area contributed by atoms with Crippen molar-refractivity contribution in [3.05, 3.63) is 0 Å². The Morgan fingerprint density at radius 3 is 1.42 bits per heavy atom. The molecule has 31 heavy (non-hydrogen) atoms. The van der Waals surface area contributed by atoms with E-state index in [0.717, 1.165) is 62.2 Å². The van der Waals surface area contributed by atoms with Gasteiger partial charge in [-0.2, -0.15) is 0 Å². The van der Waals surface area contributed by atoms with Crippen molar-refractivity contribution in [1.29, 1.82) is 0 Å². The highest BCUT2D eigenvalue weighted by Gasteiger charge is 2.66. The van der Waals surface area contributed by atoms with Gasteiger partial charge in [0.1, 0.15) is 0 Å². The topological polar surface area (TPSA) is 58.9 Å². The molecule has 5 fully saturated rings. The van der Waals surface area contributed by atoms with Crippen molar-refractivity contribution in [2.75, 3.05) is 14.2 Å². The minimum Gasteiger partial charge on any atom is -0.390 e. The van der Waals surface area contributed by atoms with E-state index in [1.54, 1.807) is 14.2 Å². The Hall–Kier alpha value is -0.160. The molecule has 0 saturated heterocycles. The van der Waals surface area contributed by atoms with Crippen LogP contribution in [0.1, 0.15) is 89.9 Å². The van der Waals surface area contributed by atoms with Crippen LogP contribution in [-0.4, -0.2) is 48.8 Å². The lowest BCUT2D eigenvalue weighted by Gasteiger charge is -2.57. The van der Waals surface area contributed by atoms with Gasteiger partial charge in [0.25, 0.3) is 0 Å². The summed E-state index contributed by atoms with van der Waals surface area (Å²) < 4.78 is 11.7. The number of methoxy groups -OCH3 is 2. The Kier molecular flexibility index (Phi) is 6.74. The van der Waals surface area contributed by atoms with Crippen LogP contribution in [0.3, 0.4) is 0 Å². The van der Waals surface area contributed by atoms with Gasteiger partial charge in [-0.05, 0) is 105 Å². The lowest BCUT2D eigenvalue weighted by molar-refractivity contribution is -0.145. The van der Waals surface area contributed by atoms with Crippen LogP contribution in [0.2, 0.25) is 0 Å². The molecule has 0 amide bonds. The van der Waals surface area contributed by atoms with Gasteiger partial charge in [0.15, 0.2) is 0 Å². The lowest BCUT2D eigenvalue weighted by atomic mass is 9.48. The second-order valence-electron chi connectivity index (χ2n) is 11.8. The molecular formula is C27H46O4. The monoisotopic (exact) mass is 434 g/mol. The van der Waals surface area contributed by atoms with Gasteiger partial charge in [-0.1, -0.05) is 25.7 Å². The maximum atomic E-state index is 10.6. The Bertz CT molecular complexity index is 556. The summed E-state index contributed by atoms with van der Waals surface area (Å²) in [5.74, 6) is 4.81. The van der Waals surface area contributed by atoms with E-state index in [4.69, 9.17) is 9.47 Å². The summed E-state index contributed by atoms with van der Waals surface area (Å²) in [5.41, 5.74) is 0.365. The van der Waals surface area contributed by atoms with E-state index in [-0.39, 0.29) is 24.4 Å². The van der Waals surface area contributed by atoms with Crippen molar-refractivity contribution in [1.82, 2.24) is 0 Å². The van der Waals surface area contributed by atoms with Gasteiger partial charge in [0.05, 0.1) is 24.4 Å². The second kappa shape index (κ2) is 9.24. The Labute approximate surface area is 189 Å². The number of fused-ring (bicyclic) bond motifs is 3. The van der Waals surface area contributed by atoms with Crippen molar-refractivity contribution in [3.8, 4) is 0 Å². The molecule has 5 rings (SSSR count). The first-order valence-corrected chi connectivity index (χ1v) is 13.5. The number of rotatable bonds is 4. The number of hydrogen-bond acceptors (Lipinski definition) is 4. The van der Waals surface area contributed by atoms with Crippen LogP contribution in [0.4, 0.5) is 0 Å². The summed E-state index contributed by atoms with van der Waals surface area (Å²) in [7, 11) is 3.59. The van der Waals surface area contributed by atoms with Crippen LogP contribution in [-0.2, 0) is 9.47 Å². The molecular weight excluding hydrogens is 388 g/mol. The van der Waals surface area contributed by atoms with Gasteiger partial charge >= 0.3 is 0 Å². The van der Waals surface area contributed by atoms with Crippen molar-refractivity contribution in [3.63, 3.8) is 0 Å². The van der Waals surface area contributed by atoms with E-state index in [2.05, 4.69) is 0 Å². The quantitative estimate of drug-likeness (QED) is 0.657. The van der Waals surface area contributed by atoms with Crippen LogP contribution >= 0.6 is 0 Å². The highest BCUT2D eigenvalue weighted by atomic mass is 16.5. The van der Waals surface area contributed by atoms with Gasteiger partial charge in [-0.25, -0.2) is 0 Å². The van der Waals surface area contributed by atoms with Crippen molar-refractivity contribution < 1.29 is 19.7 Å². The van der Waals surface area contributed by atoms with Crippen molar-refractivity contribution in [2.24, 2.45) is 40.9 Å². The molecule has 5 aliphatic rings. The average molecular weight is 435 g/mol. The molecule has 4 heteroatoms. The largest absolute Gasteiger partial charge is 0.390 e. The zero-order chi connectivity index (χ0) is 21.6. The fraction of sp³-hybridized carbons (Fsp3) is 1.00. The number of ether oxygens (including phenoxy) is 2. The third-order valence-corrected chi connectivity index (χ3v) is 11.0. The van der Waals surface area contributed by atoms with Gasteiger partial charge in [-0.3, -0.25) is 0 Å². The summed E-state index contributed by atoms with van der Waals surface area (Å²) in [5, 5.41) is 21.3. The molecule has 0 aromatic heterocycles. The van der Waals surface area contributed by atoms with Crippen molar-refractivity contribution >= 4 is 0 Å². The highest BCUT2D eigenvalue weighted by Crippen LogP contribution is 2.71. The zero-order valence-electron chi connectivity index (χ0n) is 19.9. The minimum absolute atomic E-state index is 0.00675. The van der Waals surface area contributed by atoms with Crippen LogP contribution < -0.4 is 0 Å². The summed E-state index contributed by atoms with van der Waals surface area (Å²) in [6.07, 6.45) is 16.9. The first-order chi connectivity index (χ1) is 15.1. The molecule has 0 aliphatic heterocycles. The zero-order valence-corrected chi connectivity index (χ0v) is 19.9. The first-order valence-electron chi connectivity index (χ1n) is 13.5. The van der Waals surface area contributed by atoms with Gasteiger partial charge in [0, 0.05) is 14.2 Å². The molecule has 0 aromatic carbocycles. The van der Waals surface area contributed by atoms with Gasteiger partial charge < -0.3 is 19.7 Å². The van der Waals surface area contributed by atoms with E-state index in [9.17, 15) is 10.2 Å². The van der Waals surface area contributed by atoms with Crippen molar-refractivity contribution in [2.45, 2.75) is 114 Å². The van der Waals surface area contributed by atoms with Gasteiger partial charge in [-0.15, -0.1) is 0 Å². The lowest BCUT2D eigenvalue weighted by Crippen LogP contribution is -2.54. The van der Waals surface area contributed by atoms with E-state index in [1.807, 2.05) is 0 Å². The van der Waals surface area contributed by atoms with E-state index in [1.165, 1.54) is 51.4 Å². The summed E-state index contributed by atoms with van der Waals surface area (Å²) >= 11 is 0. The van der Waals surface area contributed by atoms with Gasteiger partial charge in [0.2, 0.25) is 0 Å². The van der Waals surface area contributed by atoms with Crippen LogP contribution in [0.5, 0.6) is 0 Å². The maximum absolute atomic E-state index is 10.6. The number of aliphatic hydroxyl groups is 2.